The Balaban J connectivity index is 3.11. The van der Waals surface area contributed by atoms with Gasteiger partial charge in [0.1, 0.15) is 0 Å². The summed E-state index contributed by atoms with van der Waals surface area (Å²) in [4.78, 5) is 0. The summed E-state index contributed by atoms with van der Waals surface area (Å²) in [5.74, 6) is -2.24. The smallest absolute Gasteiger partial charge is 0.401 e. The minimum atomic E-state index is -4.84. The molecule has 0 saturated heterocycles. The molecule has 0 bridgehead atoms. The molecular formula is C8H7F6N. The summed E-state index contributed by atoms with van der Waals surface area (Å²) >= 11 is 0. The van der Waals surface area contributed by atoms with Crippen LogP contribution in [0.5, 0.6) is 0 Å². The molecule has 0 spiro atoms. The van der Waals surface area contributed by atoms with Gasteiger partial charge in [-0.05, 0) is 6.42 Å². The van der Waals surface area contributed by atoms with Crippen molar-refractivity contribution in [2.45, 2.75) is 18.8 Å². The fourth-order valence-electron chi connectivity index (χ4n) is 1.30. The number of hydrogen-bond acceptors (Lipinski definition) is 1. The molecule has 0 fully saturated rings. The number of alkyl halides is 6. The Morgan fingerprint density at radius 2 is 1.67 bits per heavy atom. The number of nitrogens with two attached hydrogens (primary N) is 1. The van der Waals surface area contributed by atoms with E-state index < -0.39 is 36.0 Å². The van der Waals surface area contributed by atoms with Gasteiger partial charge in [-0.25, -0.2) is 0 Å². The van der Waals surface area contributed by atoms with Gasteiger partial charge in [-0.15, -0.1) is 0 Å². The number of halogens is 6. The highest BCUT2D eigenvalue weighted by atomic mass is 19.4. The van der Waals surface area contributed by atoms with Gasteiger partial charge in [-0.1, -0.05) is 12.2 Å². The quantitative estimate of drug-likeness (QED) is 0.637. The van der Waals surface area contributed by atoms with E-state index in [1.807, 2.05) is 0 Å². The molecule has 0 saturated carbocycles. The Morgan fingerprint density at radius 3 is 2.07 bits per heavy atom. The van der Waals surface area contributed by atoms with E-state index in [1.165, 1.54) is 0 Å². The molecule has 0 heterocycles. The predicted octanol–water partition coefficient (Wildman–Crippen LogP) is 2.90. The Kier molecular flexibility index (Phi) is 2.75. The lowest BCUT2D eigenvalue weighted by Gasteiger charge is -2.25. The van der Waals surface area contributed by atoms with E-state index in [1.54, 1.807) is 0 Å². The van der Waals surface area contributed by atoms with E-state index >= 15 is 0 Å². The van der Waals surface area contributed by atoms with Crippen molar-refractivity contribution in [1.29, 1.82) is 0 Å². The fourth-order valence-corrected chi connectivity index (χ4v) is 1.30. The van der Waals surface area contributed by atoms with Crippen LogP contribution in [-0.4, -0.2) is 12.4 Å². The maximum absolute atomic E-state index is 12.2. The summed E-state index contributed by atoms with van der Waals surface area (Å²) in [7, 11) is 0. The van der Waals surface area contributed by atoms with Crippen molar-refractivity contribution in [2.24, 2.45) is 11.7 Å². The van der Waals surface area contributed by atoms with Crippen LogP contribution in [0, 0.1) is 5.92 Å². The van der Waals surface area contributed by atoms with Crippen molar-refractivity contribution in [3.8, 4) is 0 Å². The van der Waals surface area contributed by atoms with Crippen molar-refractivity contribution >= 4 is 0 Å². The Labute approximate surface area is 81.2 Å². The number of allylic oxidation sites excluding steroid dienone is 4. The summed E-state index contributed by atoms with van der Waals surface area (Å²) in [5.41, 5.74) is 2.32. The van der Waals surface area contributed by atoms with E-state index in [0.29, 0.717) is 6.08 Å². The van der Waals surface area contributed by atoms with Crippen LogP contribution in [-0.2, 0) is 0 Å². The second-order valence-corrected chi connectivity index (χ2v) is 3.10. The van der Waals surface area contributed by atoms with Crippen LogP contribution in [0.25, 0.3) is 0 Å². The van der Waals surface area contributed by atoms with Gasteiger partial charge in [-0.3, -0.25) is 0 Å². The monoisotopic (exact) mass is 231 g/mol. The van der Waals surface area contributed by atoms with E-state index in [4.69, 9.17) is 5.73 Å². The zero-order chi connectivity index (χ0) is 11.9. The standard InChI is InChI=1S/C8H7F6N/c9-7(10,11)4-2-1-3-5(6(4)15)8(12,13)14/h1-2,5H,3,15H2. The average molecular weight is 231 g/mol. The van der Waals surface area contributed by atoms with Gasteiger partial charge in [0.25, 0.3) is 0 Å². The lowest BCUT2D eigenvalue weighted by molar-refractivity contribution is -0.165. The Morgan fingerprint density at radius 1 is 1.13 bits per heavy atom. The molecule has 1 aliphatic carbocycles. The number of hydrogen-bond donors (Lipinski definition) is 1. The van der Waals surface area contributed by atoms with Gasteiger partial charge in [0.15, 0.2) is 0 Å². The van der Waals surface area contributed by atoms with Crippen LogP contribution >= 0.6 is 0 Å². The van der Waals surface area contributed by atoms with Gasteiger partial charge in [-0.2, -0.15) is 26.3 Å². The lowest BCUT2D eigenvalue weighted by Crippen LogP contribution is -2.33. The molecule has 0 amide bonds. The van der Waals surface area contributed by atoms with Crippen molar-refractivity contribution in [3.63, 3.8) is 0 Å². The topological polar surface area (TPSA) is 26.0 Å². The minimum Gasteiger partial charge on any atom is -0.401 e. The highest BCUT2D eigenvalue weighted by Gasteiger charge is 2.46. The Bertz CT molecular complexity index is 308. The van der Waals surface area contributed by atoms with E-state index in [2.05, 4.69) is 0 Å². The van der Waals surface area contributed by atoms with E-state index in [0.717, 1.165) is 6.08 Å². The average Bonchev–Trinajstić information content (AvgIpc) is 1.99. The first-order valence-corrected chi connectivity index (χ1v) is 3.94. The van der Waals surface area contributed by atoms with Crippen LogP contribution in [0.2, 0.25) is 0 Å². The third-order valence-corrected chi connectivity index (χ3v) is 2.04. The second kappa shape index (κ2) is 3.46. The van der Waals surface area contributed by atoms with Crippen LogP contribution in [0.1, 0.15) is 6.42 Å². The molecule has 86 valence electrons. The molecule has 7 heteroatoms. The maximum Gasteiger partial charge on any atom is 0.418 e. The zero-order valence-electron chi connectivity index (χ0n) is 7.28. The molecule has 0 aromatic heterocycles. The van der Waals surface area contributed by atoms with Gasteiger partial charge in [0.05, 0.1) is 11.5 Å². The van der Waals surface area contributed by atoms with Crippen molar-refractivity contribution in [2.75, 3.05) is 0 Å². The normalized spacial score (nSPS) is 23.5. The zero-order valence-corrected chi connectivity index (χ0v) is 7.28. The minimum absolute atomic E-state index is 0.547. The molecule has 0 radical (unpaired) electrons. The first-order valence-electron chi connectivity index (χ1n) is 3.94. The third-order valence-electron chi connectivity index (χ3n) is 2.04. The van der Waals surface area contributed by atoms with Gasteiger partial charge in [0.2, 0.25) is 0 Å². The van der Waals surface area contributed by atoms with Crippen molar-refractivity contribution < 1.29 is 26.3 Å². The molecule has 1 nitrogen and oxygen atoms in total. The molecule has 2 N–H and O–H groups in total. The summed E-state index contributed by atoms with van der Waals surface area (Å²) in [5, 5.41) is 0. The SMILES string of the molecule is NC1=C(C(F)(F)F)C=CCC1C(F)(F)F. The molecular weight excluding hydrogens is 224 g/mol. The highest BCUT2D eigenvalue weighted by molar-refractivity contribution is 5.34. The molecule has 1 atom stereocenters. The van der Waals surface area contributed by atoms with E-state index in [-0.39, 0.29) is 0 Å². The maximum atomic E-state index is 12.2. The van der Waals surface area contributed by atoms with Gasteiger partial charge < -0.3 is 5.73 Å². The van der Waals surface area contributed by atoms with Crippen LogP contribution in [0.3, 0.4) is 0 Å². The van der Waals surface area contributed by atoms with Gasteiger partial charge in [0, 0.05) is 5.70 Å². The van der Waals surface area contributed by atoms with Crippen LogP contribution < -0.4 is 5.73 Å². The first kappa shape index (κ1) is 11.9. The third kappa shape index (κ3) is 2.45. The molecule has 15 heavy (non-hydrogen) atoms. The fraction of sp³-hybridized carbons (Fsp3) is 0.500. The first-order chi connectivity index (χ1) is 6.64. The molecule has 0 aromatic rings. The molecule has 1 unspecified atom stereocenters. The van der Waals surface area contributed by atoms with E-state index in [9.17, 15) is 26.3 Å². The summed E-state index contributed by atoms with van der Waals surface area (Å²) in [6, 6.07) is 0. The van der Waals surface area contributed by atoms with Gasteiger partial charge >= 0.3 is 12.4 Å². The predicted molar refractivity (Wildman–Crippen MR) is 40.6 cm³/mol. The highest BCUT2D eigenvalue weighted by Crippen LogP contribution is 2.40. The van der Waals surface area contributed by atoms with Crippen LogP contribution in [0.4, 0.5) is 26.3 Å². The van der Waals surface area contributed by atoms with Crippen molar-refractivity contribution in [1.82, 2.24) is 0 Å². The molecule has 0 aliphatic heterocycles. The summed E-state index contributed by atoms with van der Waals surface area (Å²) in [6.07, 6.45) is -8.72. The van der Waals surface area contributed by atoms with Crippen LogP contribution in [0.15, 0.2) is 23.4 Å². The Hall–Kier alpha value is -1.14. The lowest BCUT2D eigenvalue weighted by atomic mass is 9.91. The number of rotatable bonds is 0. The molecule has 0 aromatic carbocycles. The van der Waals surface area contributed by atoms with Crippen molar-refractivity contribution in [3.05, 3.63) is 23.4 Å². The summed E-state index contributed by atoms with van der Waals surface area (Å²) in [6.45, 7) is 0. The largest absolute Gasteiger partial charge is 0.418 e. The second-order valence-electron chi connectivity index (χ2n) is 3.10. The molecule has 1 aliphatic rings. The summed E-state index contributed by atoms with van der Waals surface area (Å²) < 4.78 is 73.3. The molecule has 1 rings (SSSR count).